The third-order valence-corrected chi connectivity index (χ3v) is 1.26. The molecule has 0 aromatic carbocycles. The first-order valence-electron chi connectivity index (χ1n) is 4.59. The average molecular weight is 378 g/mol. The van der Waals surface area contributed by atoms with Crippen LogP contribution >= 0.6 is 0 Å². The fourth-order valence-electron chi connectivity index (χ4n) is 0.720. The summed E-state index contributed by atoms with van der Waals surface area (Å²) >= 11 is 0. The van der Waals surface area contributed by atoms with Gasteiger partial charge < -0.3 is 4.74 Å². The van der Waals surface area contributed by atoms with Crippen LogP contribution in [-0.4, -0.2) is 31.7 Å². The van der Waals surface area contributed by atoms with Gasteiger partial charge in [-0.25, -0.2) is 9.47 Å². The Bertz CT molecular complexity index is 426. The summed E-state index contributed by atoms with van der Waals surface area (Å²) < 4.78 is 153. The second-order valence-electron chi connectivity index (χ2n) is 3.14. The van der Waals surface area contributed by atoms with Crippen LogP contribution in [0.15, 0.2) is 12.1 Å². The molecule has 0 rings (SSSR count). The first-order valence-corrected chi connectivity index (χ1v) is 4.59. The molecule has 0 aromatic rings. The molecule has 16 heteroatoms. The molecule has 0 aliphatic rings. The van der Waals surface area contributed by atoms with Crippen LogP contribution in [0.5, 0.6) is 0 Å². The third kappa shape index (κ3) is 10.1. The number of halogens is 12. The molecule has 0 heterocycles. The van der Waals surface area contributed by atoms with Crippen molar-refractivity contribution >= 4 is 0 Å². The van der Waals surface area contributed by atoms with E-state index in [1.54, 1.807) is 4.74 Å². The van der Waals surface area contributed by atoms with Gasteiger partial charge in [-0.15, -0.1) is 30.7 Å². The number of hydrogen-bond acceptors (Lipinski definition) is 4. The van der Waals surface area contributed by atoms with Gasteiger partial charge in [-0.2, -0.15) is 26.7 Å². The summed E-state index contributed by atoms with van der Waals surface area (Å²) in [6.07, 6.45) is -27.2. The molecule has 0 aliphatic heterocycles. The van der Waals surface area contributed by atoms with E-state index in [1.807, 2.05) is 4.74 Å². The van der Waals surface area contributed by atoms with Crippen molar-refractivity contribution in [3.8, 4) is 0 Å². The fourth-order valence-corrected chi connectivity index (χ4v) is 0.720. The Hall–Kier alpha value is -1.42. The van der Waals surface area contributed by atoms with Gasteiger partial charge in [-0.1, -0.05) is 0 Å². The molecule has 138 valence electrons. The van der Waals surface area contributed by atoms with Crippen LogP contribution in [0.2, 0.25) is 0 Å². The summed E-state index contributed by atoms with van der Waals surface area (Å²) in [5, 5.41) is 0. The van der Waals surface area contributed by atoms with Crippen molar-refractivity contribution in [3.63, 3.8) is 0 Å². The molecule has 0 unspecified atom stereocenters. The smallest absolute Gasteiger partial charge is 0.458 e. The van der Waals surface area contributed by atoms with E-state index in [-0.39, 0.29) is 0 Å². The van der Waals surface area contributed by atoms with Gasteiger partial charge in [0.2, 0.25) is 0 Å². The first-order chi connectivity index (χ1) is 9.95. The molecule has 0 atom stereocenters. The highest BCUT2D eigenvalue weighted by Crippen LogP contribution is 2.37. The second kappa shape index (κ2) is 7.00. The lowest BCUT2D eigenvalue weighted by atomic mass is 10.6. The first kappa shape index (κ1) is 21.6. The minimum absolute atomic E-state index is 1.75. The van der Waals surface area contributed by atoms with Crippen molar-refractivity contribution < 1.29 is 71.6 Å². The molecule has 0 bridgehead atoms. The molecule has 0 N–H and O–H groups in total. The summed E-state index contributed by atoms with van der Waals surface area (Å²) in [6.45, 7) is -2.68. The van der Waals surface area contributed by atoms with E-state index >= 15 is 0 Å². The Morgan fingerprint density at radius 2 is 1.09 bits per heavy atom. The zero-order chi connectivity index (χ0) is 18.7. The number of alkyl halides is 9. The van der Waals surface area contributed by atoms with Crippen LogP contribution in [0.1, 0.15) is 0 Å². The van der Waals surface area contributed by atoms with Gasteiger partial charge in [0, 0.05) is 0 Å². The lowest BCUT2D eigenvalue weighted by molar-refractivity contribution is -0.584. The van der Waals surface area contributed by atoms with Crippen LogP contribution in [0.3, 0.4) is 0 Å². The molecular formula is C7H2F12O4. The number of ether oxygens (including phenoxy) is 4. The monoisotopic (exact) mass is 378 g/mol. The molecule has 0 saturated carbocycles. The van der Waals surface area contributed by atoms with Crippen molar-refractivity contribution in [2.24, 2.45) is 0 Å². The maximum Gasteiger partial charge on any atom is 0.529 e. The zero-order valence-electron chi connectivity index (χ0n) is 9.88. The maximum atomic E-state index is 12.6. The largest absolute Gasteiger partial charge is 0.529 e. The zero-order valence-corrected chi connectivity index (χ0v) is 9.88. The Labute approximate surface area is 117 Å². The maximum absolute atomic E-state index is 12.6. The van der Waals surface area contributed by atoms with Crippen molar-refractivity contribution in [1.82, 2.24) is 0 Å². The van der Waals surface area contributed by atoms with Gasteiger partial charge in [0.1, 0.15) is 0 Å². The standard InChI is InChI=1S/C7H2F12O4/c8-2(9)3(10)20-1-4(11,12)21-6(16,17)23-7(18,19)22-5(13,14)15/h1H2. The van der Waals surface area contributed by atoms with Gasteiger partial charge in [0.05, 0.1) is 0 Å². The molecule has 4 nitrogen and oxygen atoms in total. The highest BCUT2D eigenvalue weighted by Gasteiger charge is 2.57. The summed E-state index contributed by atoms with van der Waals surface area (Å²) in [4.78, 5) is 0. The molecule has 23 heavy (non-hydrogen) atoms. The predicted octanol–water partition coefficient (Wildman–Crippen LogP) is 4.30. The molecule has 0 saturated heterocycles. The van der Waals surface area contributed by atoms with Crippen molar-refractivity contribution in [3.05, 3.63) is 12.1 Å². The highest BCUT2D eigenvalue weighted by atomic mass is 19.4. The van der Waals surface area contributed by atoms with Gasteiger partial charge in [-0.05, 0) is 0 Å². The van der Waals surface area contributed by atoms with E-state index in [1.165, 1.54) is 0 Å². The Morgan fingerprint density at radius 3 is 1.48 bits per heavy atom. The summed E-state index contributed by atoms with van der Waals surface area (Å²) in [5.41, 5.74) is 0. The van der Waals surface area contributed by atoms with Gasteiger partial charge in [-0.3, -0.25) is 0 Å². The average Bonchev–Trinajstić information content (AvgIpc) is 2.18. The lowest BCUT2D eigenvalue weighted by Crippen LogP contribution is -2.44. The molecule has 0 aliphatic carbocycles. The lowest BCUT2D eigenvalue weighted by Gasteiger charge is -2.26. The third-order valence-electron chi connectivity index (χ3n) is 1.26. The molecule has 0 aromatic heterocycles. The molecule has 0 spiro atoms. The van der Waals surface area contributed by atoms with Crippen LogP contribution < -0.4 is 0 Å². The van der Waals surface area contributed by atoms with E-state index in [0.29, 0.717) is 0 Å². The number of hydrogen-bond donors (Lipinski definition) is 0. The van der Waals surface area contributed by atoms with Crippen molar-refractivity contribution in [1.29, 1.82) is 0 Å². The van der Waals surface area contributed by atoms with Gasteiger partial charge in [0.25, 0.3) is 0 Å². The molecule has 0 fully saturated rings. The van der Waals surface area contributed by atoms with Crippen molar-refractivity contribution in [2.45, 2.75) is 25.1 Å². The fraction of sp³-hybridized carbons (Fsp3) is 0.714. The minimum atomic E-state index is -6.20. The molecule has 0 radical (unpaired) electrons. The Kier molecular flexibility index (Phi) is 6.56. The van der Waals surface area contributed by atoms with E-state index in [0.717, 1.165) is 0 Å². The second-order valence-corrected chi connectivity index (χ2v) is 3.14. The van der Waals surface area contributed by atoms with Crippen molar-refractivity contribution in [2.75, 3.05) is 6.61 Å². The van der Waals surface area contributed by atoms with Crippen LogP contribution in [0.25, 0.3) is 0 Å². The normalized spacial score (nSPS) is 13.9. The summed E-state index contributed by atoms with van der Waals surface area (Å²) in [7, 11) is 0. The van der Waals surface area contributed by atoms with Crippen LogP contribution in [0.4, 0.5) is 52.7 Å². The summed E-state index contributed by atoms with van der Waals surface area (Å²) in [6, 6.07) is -2.93. The van der Waals surface area contributed by atoms with E-state index in [4.69, 9.17) is 0 Å². The summed E-state index contributed by atoms with van der Waals surface area (Å²) in [5.74, 6) is 0. The minimum Gasteiger partial charge on any atom is -0.458 e. The number of rotatable bonds is 8. The van der Waals surface area contributed by atoms with E-state index in [2.05, 4.69) is 9.47 Å². The topological polar surface area (TPSA) is 36.9 Å². The van der Waals surface area contributed by atoms with E-state index < -0.39 is 43.8 Å². The highest BCUT2D eigenvalue weighted by molar-refractivity contribution is 4.80. The molecule has 0 amide bonds. The van der Waals surface area contributed by atoms with Gasteiger partial charge in [0.15, 0.2) is 6.61 Å². The Balaban J connectivity index is 4.80. The molecular weight excluding hydrogens is 376 g/mol. The van der Waals surface area contributed by atoms with E-state index in [9.17, 15) is 52.7 Å². The van der Waals surface area contributed by atoms with Crippen LogP contribution in [0, 0.1) is 0 Å². The van der Waals surface area contributed by atoms with Crippen LogP contribution in [-0.2, 0) is 18.9 Å². The SMILES string of the molecule is FC(F)=C(F)OCC(F)(F)OC(F)(F)OC(F)(F)OC(F)(F)F. The van der Waals surface area contributed by atoms with Gasteiger partial charge >= 0.3 is 37.2 Å². The Morgan fingerprint density at radius 1 is 0.652 bits per heavy atom. The quantitative estimate of drug-likeness (QED) is 0.359. The predicted molar refractivity (Wildman–Crippen MR) is 40.5 cm³/mol.